The van der Waals surface area contributed by atoms with E-state index >= 15 is 0 Å². The van der Waals surface area contributed by atoms with E-state index in [-0.39, 0.29) is 17.3 Å². The summed E-state index contributed by atoms with van der Waals surface area (Å²) in [5.41, 5.74) is 0.590. The molecule has 2 saturated heterocycles. The lowest BCUT2D eigenvalue weighted by molar-refractivity contribution is -0.0394. The maximum atomic E-state index is 13.5. The van der Waals surface area contributed by atoms with Crippen molar-refractivity contribution in [3.8, 4) is 0 Å². The number of nitrogens with zero attached hydrogens (tertiary/aromatic N) is 1. The van der Waals surface area contributed by atoms with Crippen LogP contribution >= 0.6 is 11.6 Å². The summed E-state index contributed by atoms with van der Waals surface area (Å²) >= 11 is 5.91. The van der Waals surface area contributed by atoms with E-state index in [0.29, 0.717) is 37.6 Å². The van der Waals surface area contributed by atoms with E-state index in [0.717, 1.165) is 12.0 Å². The lowest BCUT2D eigenvalue weighted by Gasteiger charge is -2.37. The van der Waals surface area contributed by atoms with Crippen molar-refractivity contribution in [1.29, 1.82) is 0 Å². The van der Waals surface area contributed by atoms with Crippen molar-refractivity contribution in [2.75, 3.05) is 19.7 Å². The van der Waals surface area contributed by atoms with Crippen molar-refractivity contribution >= 4 is 17.7 Å². The standard InChI is InChI=1S/C15H17ClFNO3/c16-12-5-10(6-13(17)7-12)11-8-15(21-9-11)1-3-18(4-2-15)14(19)20/h5-7,11H,1-4,8-9H2,(H,19,20). The fourth-order valence-corrected chi connectivity index (χ4v) is 3.55. The quantitative estimate of drug-likeness (QED) is 0.863. The minimum absolute atomic E-state index is 0.120. The number of benzene rings is 1. The Morgan fingerprint density at radius 3 is 2.71 bits per heavy atom. The van der Waals surface area contributed by atoms with Crippen molar-refractivity contribution in [3.05, 3.63) is 34.6 Å². The Balaban J connectivity index is 1.69. The van der Waals surface area contributed by atoms with Gasteiger partial charge in [0, 0.05) is 24.0 Å². The molecule has 21 heavy (non-hydrogen) atoms. The number of piperidine rings is 1. The summed E-state index contributed by atoms with van der Waals surface area (Å²) in [6.45, 7) is 1.52. The molecule has 0 aromatic heterocycles. The lowest BCUT2D eigenvalue weighted by Crippen LogP contribution is -2.45. The number of hydrogen-bond acceptors (Lipinski definition) is 2. The molecule has 1 N–H and O–H groups in total. The number of carboxylic acid groups (broad SMARTS) is 1. The first-order valence-corrected chi connectivity index (χ1v) is 7.43. The van der Waals surface area contributed by atoms with E-state index in [1.165, 1.54) is 17.0 Å². The predicted molar refractivity (Wildman–Crippen MR) is 76.3 cm³/mol. The van der Waals surface area contributed by atoms with Gasteiger partial charge >= 0.3 is 6.09 Å². The van der Waals surface area contributed by atoms with Gasteiger partial charge < -0.3 is 14.7 Å². The van der Waals surface area contributed by atoms with Crippen molar-refractivity contribution in [3.63, 3.8) is 0 Å². The molecule has 0 saturated carbocycles. The SMILES string of the molecule is O=C(O)N1CCC2(CC1)CC(c1cc(F)cc(Cl)c1)CO2. The minimum Gasteiger partial charge on any atom is -0.465 e. The van der Waals surface area contributed by atoms with Gasteiger partial charge in [-0.05, 0) is 43.0 Å². The molecule has 1 spiro atoms. The van der Waals surface area contributed by atoms with Gasteiger partial charge in [0.25, 0.3) is 0 Å². The van der Waals surface area contributed by atoms with Gasteiger partial charge in [-0.3, -0.25) is 0 Å². The van der Waals surface area contributed by atoms with Crippen LogP contribution < -0.4 is 0 Å². The van der Waals surface area contributed by atoms with Gasteiger partial charge in [0.05, 0.1) is 12.2 Å². The summed E-state index contributed by atoms with van der Waals surface area (Å²) < 4.78 is 19.4. The maximum absolute atomic E-state index is 13.5. The first kappa shape index (κ1) is 14.6. The summed E-state index contributed by atoms with van der Waals surface area (Å²) in [5.74, 6) is -0.214. The maximum Gasteiger partial charge on any atom is 0.407 e. The molecule has 2 aliphatic heterocycles. The molecule has 2 aliphatic rings. The van der Waals surface area contributed by atoms with Crippen molar-refractivity contribution < 1.29 is 19.0 Å². The first-order chi connectivity index (χ1) is 9.97. The minimum atomic E-state index is -0.878. The molecule has 3 rings (SSSR count). The summed E-state index contributed by atoms with van der Waals surface area (Å²) in [7, 11) is 0. The third-order valence-electron chi connectivity index (χ3n) is 4.51. The van der Waals surface area contributed by atoms with E-state index in [2.05, 4.69) is 0 Å². The molecular weight excluding hydrogens is 297 g/mol. The lowest BCUT2D eigenvalue weighted by atomic mass is 9.83. The summed E-state index contributed by atoms with van der Waals surface area (Å²) in [6.07, 6.45) is 1.30. The fourth-order valence-electron chi connectivity index (χ4n) is 3.32. The van der Waals surface area contributed by atoms with Crippen LogP contribution in [0.15, 0.2) is 18.2 Å². The van der Waals surface area contributed by atoms with E-state index in [4.69, 9.17) is 21.4 Å². The number of carbonyl (C=O) groups is 1. The van der Waals surface area contributed by atoms with Crippen LogP contribution in [-0.4, -0.2) is 41.4 Å². The number of ether oxygens (including phenoxy) is 1. The normalized spacial score (nSPS) is 24.5. The highest BCUT2D eigenvalue weighted by molar-refractivity contribution is 6.30. The van der Waals surface area contributed by atoms with Crippen molar-refractivity contribution in [2.24, 2.45) is 0 Å². The third-order valence-corrected chi connectivity index (χ3v) is 4.73. The third kappa shape index (κ3) is 2.99. The fraction of sp³-hybridized carbons (Fsp3) is 0.533. The smallest absolute Gasteiger partial charge is 0.407 e. The van der Waals surface area contributed by atoms with Gasteiger partial charge in [0.2, 0.25) is 0 Å². The van der Waals surface area contributed by atoms with Crippen LogP contribution in [-0.2, 0) is 4.74 Å². The second-order valence-corrected chi connectivity index (χ2v) is 6.30. The molecule has 2 fully saturated rings. The monoisotopic (exact) mass is 313 g/mol. The molecule has 0 aliphatic carbocycles. The van der Waals surface area contributed by atoms with Crippen LogP contribution in [0.1, 0.15) is 30.7 Å². The summed E-state index contributed by atoms with van der Waals surface area (Å²) in [6, 6.07) is 4.58. The van der Waals surface area contributed by atoms with Gasteiger partial charge in [-0.15, -0.1) is 0 Å². The number of likely N-dealkylation sites (tertiary alicyclic amines) is 1. The average Bonchev–Trinajstić information content (AvgIpc) is 2.82. The Morgan fingerprint density at radius 2 is 2.10 bits per heavy atom. The number of rotatable bonds is 1. The molecule has 2 heterocycles. The number of hydrogen-bond donors (Lipinski definition) is 1. The molecule has 1 amide bonds. The van der Waals surface area contributed by atoms with E-state index in [1.54, 1.807) is 6.07 Å². The van der Waals surface area contributed by atoms with E-state index in [9.17, 15) is 9.18 Å². The molecular formula is C15H17ClFNO3. The topological polar surface area (TPSA) is 49.8 Å². The average molecular weight is 314 g/mol. The Kier molecular flexibility index (Phi) is 3.80. The van der Waals surface area contributed by atoms with Crippen LogP contribution in [0.25, 0.3) is 0 Å². The Hall–Kier alpha value is -1.33. The highest BCUT2D eigenvalue weighted by Gasteiger charge is 2.43. The Bertz CT molecular complexity index is 538. The zero-order chi connectivity index (χ0) is 15.0. The molecule has 1 aromatic rings. The van der Waals surface area contributed by atoms with Crippen molar-refractivity contribution in [1.82, 2.24) is 4.90 Å². The molecule has 4 nitrogen and oxygen atoms in total. The Morgan fingerprint density at radius 1 is 1.38 bits per heavy atom. The van der Waals surface area contributed by atoms with E-state index < -0.39 is 6.09 Å². The highest BCUT2D eigenvalue weighted by Crippen LogP contribution is 2.43. The molecule has 1 aromatic carbocycles. The van der Waals surface area contributed by atoms with Crippen LogP contribution in [0.2, 0.25) is 5.02 Å². The molecule has 114 valence electrons. The zero-order valence-corrected chi connectivity index (χ0v) is 12.3. The number of amides is 1. The molecule has 1 unspecified atom stereocenters. The van der Waals surface area contributed by atoms with Gasteiger partial charge in [0.15, 0.2) is 0 Å². The van der Waals surface area contributed by atoms with Crippen LogP contribution in [0.4, 0.5) is 9.18 Å². The van der Waals surface area contributed by atoms with Crippen LogP contribution in [0.5, 0.6) is 0 Å². The second-order valence-electron chi connectivity index (χ2n) is 5.87. The van der Waals surface area contributed by atoms with Gasteiger partial charge in [-0.2, -0.15) is 0 Å². The highest BCUT2D eigenvalue weighted by atomic mass is 35.5. The van der Waals surface area contributed by atoms with Gasteiger partial charge in [-0.25, -0.2) is 9.18 Å². The van der Waals surface area contributed by atoms with Gasteiger partial charge in [0.1, 0.15) is 5.82 Å². The summed E-state index contributed by atoms with van der Waals surface area (Å²) in [4.78, 5) is 12.4. The molecule has 6 heteroatoms. The first-order valence-electron chi connectivity index (χ1n) is 7.05. The summed E-state index contributed by atoms with van der Waals surface area (Å²) in [5, 5.41) is 9.38. The number of halogens is 2. The van der Waals surface area contributed by atoms with Crippen LogP contribution in [0, 0.1) is 5.82 Å². The van der Waals surface area contributed by atoms with Gasteiger partial charge in [-0.1, -0.05) is 11.6 Å². The zero-order valence-electron chi connectivity index (χ0n) is 11.5. The Labute approximate surface area is 127 Å². The second kappa shape index (κ2) is 5.46. The molecule has 1 atom stereocenters. The predicted octanol–water partition coefficient (Wildman–Crippen LogP) is 3.50. The largest absolute Gasteiger partial charge is 0.465 e. The molecule has 0 bridgehead atoms. The van der Waals surface area contributed by atoms with Crippen LogP contribution in [0.3, 0.4) is 0 Å². The van der Waals surface area contributed by atoms with E-state index in [1.807, 2.05) is 0 Å². The molecule has 0 radical (unpaired) electrons. The van der Waals surface area contributed by atoms with Crippen molar-refractivity contribution in [2.45, 2.75) is 30.8 Å².